The van der Waals surface area contributed by atoms with Crippen LogP contribution in [0.5, 0.6) is 0 Å². The lowest BCUT2D eigenvalue weighted by Crippen LogP contribution is -2.29. The minimum atomic E-state index is -1.00. The molecule has 0 unspecified atom stereocenters. The summed E-state index contributed by atoms with van der Waals surface area (Å²) in [5.74, 6) is -1.30. The van der Waals surface area contributed by atoms with Crippen LogP contribution in [0.3, 0.4) is 0 Å². The Hall–Kier alpha value is -2.57. The lowest BCUT2D eigenvalue weighted by Gasteiger charge is -2.07. The fourth-order valence-electron chi connectivity index (χ4n) is 1.88. The molecule has 0 amide bonds. The van der Waals surface area contributed by atoms with Crippen LogP contribution in [0.15, 0.2) is 29.4 Å². The summed E-state index contributed by atoms with van der Waals surface area (Å²) in [7, 11) is 0. The van der Waals surface area contributed by atoms with Gasteiger partial charge in [0.1, 0.15) is 12.6 Å². The van der Waals surface area contributed by atoms with Crippen molar-refractivity contribution in [1.29, 1.82) is 0 Å². The van der Waals surface area contributed by atoms with Crippen molar-refractivity contribution in [3.05, 3.63) is 40.3 Å². The lowest BCUT2D eigenvalue weighted by molar-refractivity contribution is -0.145. The molecule has 1 rings (SSSR count). The van der Waals surface area contributed by atoms with Gasteiger partial charge in [0.15, 0.2) is 0 Å². The molecule has 0 fully saturated rings. The molecule has 0 saturated heterocycles. The second-order valence-corrected chi connectivity index (χ2v) is 5.06. The van der Waals surface area contributed by atoms with E-state index in [2.05, 4.69) is 10.0 Å². The number of unbranched alkanes of at least 4 members (excludes halogenated alkanes) is 2. The van der Waals surface area contributed by atoms with Crippen molar-refractivity contribution < 1.29 is 19.4 Å². The lowest BCUT2D eigenvalue weighted by atomic mass is 10.1. The van der Waals surface area contributed by atoms with E-state index in [1.165, 1.54) is 0 Å². The van der Waals surface area contributed by atoms with Crippen molar-refractivity contribution >= 4 is 17.6 Å². The number of carboxylic acid groups (broad SMARTS) is 1. The largest absolute Gasteiger partial charge is 0.480 e. The molecule has 1 aromatic carbocycles. The molecular formula is C15H20N4O4. The van der Waals surface area contributed by atoms with Crippen molar-refractivity contribution in [3.8, 4) is 0 Å². The highest BCUT2D eigenvalue weighted by Crippen LogP contribution is 2.14. The van der Waals surface area contributed by atoms with Crippen LogP contribution in [0.25, 0.3) is 10.4 Å². The zero-order valence-corrected chi connectivity index (χ0v) is 12.7. The third-order valence-corrected chi connectivity index (χ3v) is 3.21. The number of esters is 1. The second kappa shape index (κ2) is 10.2. The molecule has 0 aliphatic heterocycles. The van der Waals surface area contributed by atoms with Crippen molar-refractivity contribution in [3.63, 3.8) is 0 Å². The molecule has 0 radical (unpaired) electrons. The number of nitrogens with two attached hydrogens (primary N) is 1. The van der Waals surface area contributed by atoms with Gasteiger partial charge in [-0.05, 0) is 23.9 Å². The Morgan fingerprint density at radius 3 is 2.57 bits per heavy atom. The van der Waals surface area contributed by atoms with E-state index < -0.39 is 12.0 Å². The summed E-state index contributed by atoms with van der Waals surface area (Å²) in [5.41, 5.74) is 15.0. The Morgan fingerprint density at radius 1 is 1.26 bits per heavy atom. The minimum Gasteiger partial charge on any atom is -0.480 e. The summed E-state index contributed by atoms with van der Waals surface area (Å²) in [5, 5.41) is 12.1. The number of hydrogen-bond acceptors (Lipinski definition) is 5. The van der Waals surface area contributed by atoms with Crippen molar-refractivity contribution in [2.45, 2.75) is 44.8 Å². The van der Waals surface area contributed by atoms with E-state index in [4.69, 9.17) is 21.1 Å². The van der Waals surface area contributed by atoms with Gasteiger partial charge in [0.05, 0.1) is 0 Å². The van der Waals surface area contributed by atoms with Crippen molar-refractivity contribution in [1.82, 2.24) is 0 Å². The third-order valence-electron chi connectivity index (χ3n) is 3.21. The number of carboxylic acids is 1. The van der Waals surface area contributed by atoms with Gasteiger partial charge in [0, 0.05) is 17.0 Å². The molecule has 0 aliphatic carbocycles. The molecule has 0 heterocycles. The molecule has 1 aromatic rings. The van der Waals surface area contributed by atoms with Crippen LogP contribution >= 0.6 is 0 Å². The maximum Gasteiger partial charge on any atom is 0.320 e. The van der Waals surface area contributed by atoms with Gasteiger partial charge < -0.3 is 15.6 Å². The van der Waals surface area contributed by atoms with Gasteiger partial charge in [-0.1, -0.05) is 42.2 Å². The summed E-state index contributed by atoms with van der Waals surface area (Å²) in [4.78, 5) is 24.8. The number of rotatable bonds is 10. The third kappa shape index (κ3) is 7.85. The molecule has 8 nitrogen and oxygen atoms in total. The fourth-order valence-corrected chi connectivity index (χ4v) is 1.88. The Labute approximate surface area is 133 Å². The zero-order valence-electron chi connectivity index (χ0n) is 12.7. The van der Waals surface area contributed by atoms with E-state index in [1.807, 2.05) is 0 Å². The first-order valence-corrected chi connectivity index (χ1v) is 7.31. The van der Waals surface area contributed by atoms with Crippen LogP contribution in [0.4, 0.5) is 5.69 Å². The van der Waals surface area contributed by atoms with Crippen LogP contribution in [-0.2, 0) is 20.9 Å². The quantitative estimate of drug-likeness (QED) is 0.224. The molecule has 8 heteroatoms. The molecule has 0 aromatic heterocycles. The van der Waals surface area contributed by atoms with Crippen molar-refractivity contribution in [2.75, 3.05) is 0 Å². The molecule has 124 valence electrons. The Bertz CT molecular complexity index is 567. The van der Waals surface area contributed by atoms with E-state index >= 15 is 0 Å². The van der Waals surface area contributed by atoms with Crippen LogP contribution in [0.1, 0.15) is 37.7 Å². The van der Waals surface area contributed by atoms with Crippen LogP contribution in [-0.4, -0.2) is 23.1 Å². The Balaban J connectivity index is 2.17. The van der Waals surface area contributed by atoms with Gasteiger partial charge in [-0.15, -0.1) is 0 Å². The van der Waals surface area contributed by atoms with Gasteiger partial charge in [-0.25, -0.2) is 0 Å². The number of carbonyl (C=O) groups is 2. The molecule has 3 N–H and O–H groups in total. The highest BCUT2D eigenvalue weighted by Gasteiger charge is 2.10. The number of nitrogens with zero attached hydrogens (tertiary/aromatic N) is 3. The first-order chi connectivity index (χ1) is 11.0. The molecular weight excluding hydrogens is 300 g/mol. The highest BCUT2D eigenvalue weighted by atomic mass is 16.5. The van der Waals surface area contributed by atoms with Gasteiger partial charge in [0.2, 0.25) is 0 Å². The standard InChI is InChI=1S/C15H20N4O4/c16-13(15(21)22)4-2-1-3-5-14(20)23-10-11-6-8-12(9-7-11)18-19-17/h6-9,13H,1-5,10,16H2,(H,21,22)/t13-/m0/s1. The maximum absolute atomic E-state index is 11.6. The van der Waals surface area contributed by atoms with Crippen LogP contribution in [0.2, 0.25) is 0 Å². The van der Waals surface area contributed by atoms with E-state index in [0.29, 0.717) is 31.4 Å². The molecule has 0 spiro atoms. The number of aliphatic carboxylic acids is 1. The van der Waals surface area contributed by atoms with Crippen LogP contribution in [0, 0.1) is 0 Å². The molecule has 1 atom stereocenters. The van der Waals surface area contributed by atoms with E-state index in [-0.39, 0.29) is 12.6 Å². The maximum atomic E-state index is 11.6. The topological polar surface area (TPSA) is 138 Å². The van der Waals surface area contributed by atoms with Crippen LogP contribution < -0.4 is 5.73 Å². The molecule has 23 heavy (non-hydrogen) atoms. The van der Waals surface area contributed by atoms with Gasteiger partial charge in [-0.2, -0.15) is 0 Å². The number of ether oxygens (including phenoxy) is 1. The number of benzene rings is 1. The predicted octanol–water partition coefficient (Wildman–Crippen LogP) is 3.03. The average Bonchev–Trinajstić information content (AvgIpc) is 2.54. The van der Waals surface area contributed by atoms with Gasteiger partial charge >= 0.3 is 11.9 Å². The van der Waals surface area contributed by atoms with Gasteiger partial charge in [-0.3, -0.25) is 9.59 Å². The molecule has 0 aliphatic rings. The normalized spacial score (nSPS) is 11.3. The Morgan fingerprint density at radius 2 is 1.96 bits per heavy atom. The first kappa shape index (κ1) is 18.5. The minimum absolute atomic E-state index is 0.166. The number of hydrogen-bond donors (Lipinski definition) is 2. The monoisotopic (exact) mass is 320 g/mol. The summed E-state index contributed by atoms with van der Waals surface area (Å²) < 4.78 is 5.13. The molecule has 0 bridgehead atoms. The Kier molecular flexibility index (Phi) is 8.20. The summed E-state index contributed by atoms with van der Waals surface area (Å²) >= 11 is 0. The zero-order chi connectivity index (χ0) is 17.1. The van der Waals surface area contributed by atoms with Crippen molar-refractivity contribution in [2.24, 2.45) is 10.8 Å². The summed E-state index contributed by atoms with van der Waals surface area (Å²) in [6.45, 7) is 0.166. The van der Waals surface area contributed by atoms with Gasteiger partial charge in [0.25, 0.3) is 0 Å². The first-order valence-electron chi connectivity index (χ1n) is 7.31. The fraction of sp³-hybridized carbons (Fsp3) is 0.467. The highest BCUT2D eigenvalue weighted by molar-refractivity contribution is 5.73. The van der Waals surface area contributed by atoms with E-state index in [0.717, 1.165) is 12.0 Å². The number of azide groups is 1. The summed E-state index contributed by atoms with van der Waals surface area (Å²) in [6.07, 6.45) is 2.74. The summed E-state index contributed by atoms with van der Waals surface area (Å²) in [6, 6.07) is 5.91. The van der Waals surface area contributed by atoms with E-state index in [9.17, 15) is 9.59 Å². The average molecular weight is 320 g/mol. The molecule has 0 saturated carbocycles. The number of carbonyl (C=O) groups excluding carboxylic acids is 1. The second-order valence-electron chi connectivity index (χ2n) is 5.06. The predicted molar refractivity (Wildman–Crippen MR) is 83.7 cm³/mol. The van der Waals surface area contributed by atoms with E-state index in [1.54, 1.807) is 24.3 Å². The SMILES string of the molecule is [N-]=[N+]=Nc1ccc(COC(=O)CCCCC[C@H](N)C(=O)O)cc1. The smallest absolute Gasteiger partial charge is 0.320 e.